The van der Waals surface area contributed by atoms with Crippen molar-refractivity contribution in [3.63, 3.8) is 0 Å². The average Bonchev–Trinajstić information content (AvgIpc) is 3.19. The number of benzene rings is 1. The molecule has 0 N–H and O–H groups in total. The molecule has 0 bridgehead atoms. The van der Waals surface area contributed by atoms with Gasteiger partial charge in [-0.1, -0.05) is 18.2 Å². The van der Waals surface area contributed by atoms with Crippen LogP contribution in [-0.2, 0) is 22.2 Å². The van der Waals surface area contributed by atoms with E-state index in [9.17, 15) is 12.8 Å². The second-order valence-electron chi connectivity index (χ2n) is 6.81. The molecule has 0 unspecified atom stereocenters. The molecule has 1 aromatic carbocycles. The molecular formula is C17H23FN4O2S. The first-order chi connectivity index (χ1) is 11.9. The molecule has 1 fully saturated rings. The predicted octanol–water partition coefficient (Wildman–Crippen LogP) is 2.39. The fourth-order valence-corrected chi connectivity index (χ4v) is 4.85. The van der Waals surface area contributed by atoms with Crippen molar-refractivity contribution < 1.29 is 12.8 Å². The Morgan fingerprint density at radius 1 is 1.32 bits per heavy atom. The highest BCUT2D eigenvalue weighted by Gasteiger charge is 2.32. The van der Waals surface area contributed by atoms with Gasteiger partial charge >= 0.3 is 0 Å². The first kappa shape index (κ1) is 18.0. The van der Waals surface area contributed by atoms with Crippen molar-refractivity contribution in [1.82, 2.24) is 19.1 Å². The number of aromatic nitrogens is 3. The molecule has 1 atom stereocenters. The molecule has 1 aliphatic heterocycles. The lowest BCUT2D eigenvalue weighted by Crippen LogP contribution is -2.30. The summed E-state index contributed by atoms with van der Waals surface area (Å²) in [6.45, 7) is 5.04. The van der Waals surface area contributed by atoms with Crippen LogP contribution in [0.2, 0.25) is 0 Å². The van der Waals surface area contributed by atoms with E-state index in [-0.39, 0.29) is 23.3 Å². The lowest BCUT2D eigenvalue weighted by atomic mass is 10.0. The van der Waals surface area contributed by atoms with Crippen molar-refractivity contribution >= 4 is 10.0 Å². The van der Waals surface area contributed by atoms with Gasteiger partial charge in [0.25, 0.3) is 0 Å². The van der Waals surface area contributed by atoms with Crippen LogP contribution in [0.4, 0.5) is 4.39 Å². The second kappa shape index (κ2) is 7.21. The van der Waals surface area contributed by atoms with Gasteiger partial charge in [0.1, 0.15) is 18.0 Å². The van der Waals surface area contributed by atoms with Crippen molar-refractivity contribution in [3.05, 3.63) is 47.8 Å². The first-order valence-electron chi connectivity index (χ1n) is 8.46. The van der Waals surface area contributed by atoms with Crippen molar-refractivity contribution in [2.45, 2.75) is 38.5 Å². The largest absolute Gasteiger partial charge is 0.315 e. The van der Waals surface area contributed by atoms with E-state index in [0.717, 1.165) is 12.2 Å². The Morgan fingerprint density at radius 2 is 2.08 bits per heavy atom. The van der Waals surface area contributed by atoms with Gasteiger partial charge in [-0.2, -0.15) is 0 Å². The summed E-state index contributed by atoms with van der Waals surface area (Å²) in [6.07, 6.45) is 3.19. The molecule has 25 heavy (non-hydrogen) atoms. The van der Waals surface area contributed by atoms with E-state index >= 15 is 0 Å². The Labute approximate surface area is 147 Å². The minimum absolute atomic E-state index is 0.206. The van der Waals surface area contributed by atoms with Crippen LogP contribution in [0, 0.1) is 11.7 Å². The lowest BCUT2D eigenvalue weighted by Gasteiger charge is -2.17. The molecule has 2 aromatic rings. The maximum atomic E-state index is 13.8. The normalized spacial score (nSPS) is 19.0. The van der Waals surface area contributed by atoms with E-state index in [4.69, 9.17) is 0 Å². The third-order valence-electron chi connectivity index (χ3n) is 4.61. The smallest absolute Gasteiger partial charge is 0.218 e. The predicted molar refractivity (Wildman–Crippen MR) is 92.8 cm³/mol. The van der Waals surface area contributed by atoms with E-state index in [2.05, 4.69) is 24.0 Å². The van der Waals surface area contributed by atoms with Crippen LogP contribution in [0.15, 0.2) is 30.6 Å². The molecule has 3 rings (SSSR count). The third kappa shape index (κ3) is 4.07. The minimum Gasteiger partial charge on any atom is -0.315 e. The Kier molecular flexibility index (Phi) is 5.19. The van der Waals surface area contributed by atoms with Crippen LogP contribution in [0.1, 0.15) is 37.7 Å². The van der Waals surface area contributed by atoms with E-state index in [1.165, 1.54) is 16.4 Å². The Bertz CT molecular complexity index is 835. The van der Waals surface area contributed by atoms with Gasteiger partial charge in [0, 0.05) is 31.1 Å². The quantitative estimate of drug-likeness (QED) is 0.787. The highest BCUT2D eigenvalue weighted by molar-refractivity contribution is 7.88. The average molecular weight is 366 g/mol. The molecule has 0 radical (unpaired) electrons. The van der Waals surface area contributed by atoms with Crippen LogP contribution in [0.5, 0.6) is 0 Å². The summed E-state index contributed by atoms with van der Waals surface area (Å²) in [4.78, 5) is 0. The van der Waals surface area contributed by atoms with Gasteiger partial charge in [-0.25, -0.2) is 17.1 Å². The summed E-state index contributed by atoms with van der Waals surface area (Å²) in [5.74, 6) is 0.312. The van der Waals surface area contributed by atoms with Crippen molar-refractivity contribution in [3.8, 4) is 0 Å². The highest BCUT2D eigenvalue weighted by atomic mass is 32.2. The molecule has 8 heteroatoms. The van der Waals surface area contributed by atoms with Gasteiger partial charge in [-0.15, -0.1) is 10.2 Å². The second-order valence-corrected chi connectivity index (χ2v) is 8.78. The van der Waals surface area contributed by atoms with Crippen molar-refractivity contribution in [1.29, 1.82) is 0 Å². The summed E-state index contributed by atoms with van der Waals surface area (Å²) in [5, 5.41) is 8.12. The molecule has 0 amide bonds. The van der Waals surface area contributed by atoms with Crippen molar-refractivity contribution in [2.75, 3.05) is 13.1 Å². The molecule has 1 aliphatic rings. The maximum absolute atomic E-state index is 13.8. The number of halogens is 1. The summed E-state index contributed by atoms with van der Waals surface area (Å²) < 4.78 is 42.4. The SMILES string of the molecule is CC(C)n1cnnc1C[C@H]1CCN(S(=O)(=O)Cc2ccccc2F)C1. The van der Waals surface area contributed by atoms with Gasteiger partial charge in [0.05, 0.1) is 5.75 Å². The van der Waals surface area contributed by atoms with E-state index < -0.39 is 15.8 Å². The number of sulfonamides is 1. The molecule has 2 heterocycles. The zero-order chi connectivity index (χ0) is 18.0. The molecule has 1 saturated heterocycles. The van der Waals surface area contributed by atoms with Crippen molar-refractivity contribution in [2.24, 2.45) is 5.92 Å². The van der Waals surface area contributed by atoms with Crippen LogP contribution in [0.3, 0.4) is 0 Å². The zero-order valence-corrected chi connectivity index (χ0v) is 15.3. The monoisotopic (exact) mass is 366 g/mol. The zero-order valence-electron chi connectivity index (χ0n) is 14.5. The van der Waals surface area contributed by atoms with Gasteiger partial charge in [0.2, 0.25) is 10.0 Å². The fraction of sp³-hybridized carbons (Fsp3) is 0.529. The summed E-state index contributed by atoms with van der Waals surface area (Å²) in [5.41, 5.74) is 0.213. The molecule has 1 aromatic heterocycles. The molecule has 0 saturated carbocycles. The number of nitrogens with zero attached hydrogens (tertiary/aromatic N) is 4. The number of rotatable bonds is 6. The minimum atomic E-state index is -3.52. The standard InChI is InChI=1S/C17H23FN4O2S/c1-13(2)22-12-19-20-17(22)9-14-7-8-21(10-14)25(23,24)11-15-5-3-4-6-16(15)18/h3-6,12-14H,7-11H2,1-2H3/t14-/m1/s1. The summed E-state index contributed by atoms with van der Waals surface area (Å²) >= 11 is 0. The van der Waals surface area contributed by atoms with Gasteiger partial charge in [0.15, 0.2) is 0 Å². The van der Waals surface area contributed by atoms with Crippen LogP contribution in [-0.4, -0.2) is 40.6 Å². The molecular weight excluding hydrogens is 343 g/mol. The Morgan fingerprint density at radius 3 is 2.80 bits per heavy atom. The molecule has 0 spiro atoms. The maximum Gasteiger partial charge on any atom is 0.218 e. The van der Waals surface area contributed by atoms with Gasteiger partial charge < -0.3 is 4.57 Å². The van der Waals surface area contributed by atoms with Gasteiger partial charge in [-0.3, -0.25) is 0 Å². The molecule has 0 aliphatic carbocycles. The highest BCUT2D eigenvalue weighted by Crippen LogP contribution is 2.25. The van der Waals surface area contributed by atoms with E-state index in [1.54, 1.807) is 18.5 Å². The number of hydrogen-bond acceptors (Lipinski definition) is 4. The van der Waals surface area contributed by atoms with E-state index in [1.807, 2.05) is 4.57 Å². The number of hydrogen-bond donors (Lipinski definition) is 0. The Hall–Kier alpha value is -1.80. The molecule has 136 valence electrons. The molecule has 6 nitrogen and oxygen atoms in total. The fourth-order valence-electron chi connectivity index (χ4n) is 3.22. The van der Waals surface area contributed by atoms with Crippen LogP contribution < -0.4 is 0 Å². The Balaban J connectivity index is 1.66. The summed E-state index contributed by atoms with van der Waals surface area (Å²) in [6, 6.07) is 6.29. The lowest BCUT2D eigenvalue weighted by molar-refractivity contribution is 0.445. The first-order valence-corrected chi connectivity index (χ1v) is 10.1. The summed E-state index contributed by atoms with van der Waals surface area (Å²) in [7, 11) is -3.52. The van der Waals surface area contributed by atoms with Gasteiger partial charge in [-0.05, 0) is 32.3 Å². The van der Waals surface area contributed by atoms with Crippen LogP contribution >= 0.6 is 0 Å². The van der Waals surface area contributed by atoms with Crippen LogP contribution in [0.25, 0.3) is 0 Å². The third-order valence-corrected chi connectivity index (χ3v) is 6.41. The topological polar surface area (TPSA) is 68.1 Å². The van der Waals surface area contributed by atoms with E-state index in [0.29, 0.717) is 19.5 Å².